The largest absolute Gasteiger partial charge is 0.465 e. The highest BCUT2D eigenvalue weighted by Gasteiger charge is 2.23. The predicted octanol–water partition coefficient (Wildman–Crippen LogP) is 1.51. The number of ether oxygens (including phenoxy) is 1. The van der Waals surface area contributed by atoms with Gasteiger partial charge in [-0.15, -0.1) is 0 Å². The molecule has 19 heavy (non-hydrogen) atoms. The minimum Gasteiger partial charge on any atom is -0.465 e. The molecular formula is C14H20N2O3. The smallest absolute Gasteiger partial charge is 0.325 e. The summed E-state index contributed by atoms with van der Waals surface area (Å²) in [5.41, 5.74) is 5.79. The van der Waals surface area contributed by atoms with E-state index < -0.39 is 6.04 Å². The highest BCUT2D eigenvalue weighted by molar-refractivity contribution is 5.94. The molecule has 2 N–H and O–H groups in total. The van der Waals surface area contributed by atoms with E-state index in [1.807, 2.05) is 19.9 Å². The molecule has 0 saturated heterocycles. The third kappa shape index (κ3) is 4.71. The van der Waals surface area contributed by atoms with E-state index in [1.54, 1.807) is 31.2 Å². The third-order valence-electron chi connectivity index (χ3n) is 2.58. The highest BCUT2D eigenvalue weighted by atomic mass is 16.5. The average molecular weight is 264 g/mol. The molecule has 0 aromatic heterocycles. The fourth-order valence-corrected chi connectivity index (χ4v) is 1.53. The van der Waals surface area contributed by atoms with Crippen LogP contribution in [0.4, 0.5) is 0 Å². The Bertz CT molecular complexity index is 418. The molecule has 0 heterocycles. The van der Waals surface area contributed by atoms with Gasteiger partial charge in [-0.1, -0.05) is 32.0 Å². The normalized spacial score (nSPS) is 12.0. The van der Waals surface area contributed by atoms with Crippen molar-refractivity contribution in [3.63, 3.8) is 0 Å². The Kier molecular flexibility index (Phi) is 6.02. The number of benzene rings is 1. The Balaban J connectivity index is 2.57. The molecule has 0 saturated carbocycles. The van der Waals surface area contributed by atoms with Crippen molar-refractivity contribution >= 4 is 11.9 Å². The summed E-state index contributed by atoms with van der Waals surface area (Å²) < 4.78 is 4.95. The van der Waals surface area contributed by atoms with Crippen molar-refractivity contribution in [1.29, 1.82) is 0 Å². The Labute approximate surface area is 113 Å². The standard InChI is InChI=1S/C14H20N2O3/c1-4-19-14(18)12(10(2)3)15-16-13(17)11-8-6-5-7-9-11/h5-10,12,15H,4H2,1-3H3,(H,16,17)/t12-/m0/s1. The van der Waals surface area contributed by atoms with Crippen molar-refractivity contribution in [3.05, 3.63) is 35.9 Å². The molecule has 5 heteroatoms. The van der Waals surface area contributed by atoms with E-state index in [-0.39, 0.29) is 17.8 Å². The maximum Gasteiger partial charge on any atom is 0.325 e. The number of hydrogen-bond donors (Lipinski definition) is 2. The van der Waals surface area contributed by atoms with Gasteiger partial charge in [-0.25, -0.2) is 5.43 Å². The van der Waals surface area contributed by atoms with E-state index in [9.17, 15) is 9.59 Å². The Hall–Kier alpha value is -1.88. The fourth-order valence-electron chi connectivity index (χ4n) is 1.53. The number of hydrazine groups is 1. The van der Waals surface area contributed by atoms with E-state index in [0.717, 1.165) is 0 Å². The van der Waals surface area contributed by atoms with Crippen LogP contribution in [-0.4, -0.2) is 24.5 Å². The Morgan fingerprint density at radius 3 is 2.37 bits per heavy atom. The lowest BCUT2D eigenvalue weighted by molar-refractivity contribution is -0.147. The Morgan fingerprint density at radius 2 is 1.84 bits per heavy atom. The summed E-state index contributed by atoms with van der Waals surface area (Å²) in [4.78, 5) is 23.5. The maximum atomic E-state index is 11.8. The average Bonchev–Trinajstić information content (AvgIpc) is 2.39. The van der Waals surface area contributed by atoms with Gasteiger partial charge >= 0.3 is 5.97 Å². The molecular weight excluding hydrogens is 244 g/mol. The Morgan fingerprint density at radius 1 is 1.21 bits per heavy atom. The van der Waals surface area contributed by atoms with E-state index >= 15 is 0 Å². The van der Waals surface area contributed by atoms with Gasteiger partial charge in [0, 0.05) is 5.56 Å². The molecule has 0 spiro atoms. The molecule has 5 nitrogen and oxygen atoms in total. The highest BCUT2D eigenvalue weighted by Crippen LogP contribution is 2.03. The molecule has 0 aliphatic heterocycles. The van der Waals surface area contributed by atoms with Gasteiger partial charge in [0.05, 0.1) is 6.61 Å². The molecule has 0 radical (unpaired) electrons. The second-order valence-corrected chi connectivity index (χ2v) is 4.44. The third-order valence-corrected chi connectivity index (χ3v) is 2.58. The van der Waals surface area contributed by atoms with Crippen molar-refractivity contribution in [2.24, 2.45) is 5.92 Å². The zero-order valence-corrected chi connectivity index (χ0v) is 11.5. The van der Waals surface area contributed by atoms with E-state index in [2.05, 4.69) is 10.9 Å². The van der Waals surface area contributed by atoms with Crippen molar-refractivity contribution in [3.8, 4) is 0 Å². The minimum atomic E-state index is -0.562. The summed E-state index contributed by atoms with van der Waals surface area (Å²) in [7, 11) is 0. The molecule has 0 aliphatic carbocycles. The summed E-state index contributed by atoms with van der Waals surface area (Å²) in [6.07, 6.45) is 0. The maximum absolute atomic E-state index is 11.8. The molecule has 1 rings (SSSR count). The summed E-state index contributed by atoms with van der Waals surface area (Å²) in [5.74, 6) is -0.642. The summed E-state index contributed by atoms with van der Waals surface area (Å²) in [6.45, 7) is 5.82. The van der Waals surface area contributed by atoms with Gasteiger partial charge in [-0.3, -0.25) is 15.0 Å². The molecule has 0 aliphatic rings. The van der Waals surface area contributed by atoms with E-state index in [1.165, 1.54) is 0 Å². The first-order valence-corrected chi connectivity index (χ1v) is 6.33. The lowest BCUT2D eigenvalue weighted by Gasteiger charge is -2.20. The molecule has 1 aromatic carbocycles. The second kappa shape index (κ2) is 7.53. The van der Waals surface area contributed by atoms with Crippen LogP contribution in [0, 0.1) is 5.92 Å². The summed E-state index contributed by atoms with van der Waals surface area (Å²) in [6, 6.07) is 8.23. The van der Waals surface area contributed by atoms with E-state index in [4.69, 9.17) is 4.74 Å². The van der Waals surface area contributed by atoms with Crippen LogP contribution in [0.5, 0.6) is 0 Å². The molecule has 1 amide bonds. The van der Waals surface area contributed by atoms with Crippen molar-refractivity contribution < 1.29 is 14.3 Å². The monoisotopic (exact) mass is 264 g/mol. The number of nitrogens with one attached hydrogen (secondary N) is 2. The lowest BCUT2D eigenvalue weighted by Crippen LogP contribution is -2.51. The molecule has 0 fully saturated rings. The van der Waals surface area contributed by atoms with Gasteiger partial charge in [0.2, 0.25) is 0 Å². The first-order chi connectivity index (χ1) is 9.06. The number of carbonyl (C=O) groups is 2. The van der Waals surface area contributed by atoms with Crippen molar-refractivity contribution in [2.45, 2.75) is 26.8 Å². The topological polar surface area (TPSA) is 67.4 Å². The van der Waals surface area contributed by atoms with E-state index in [0.29, 0.717) is 12.2 Å². The number of hydrogen-bond acceptors (Lipinski definition) is 4. The lowest BCUT2D eigenvalue weighted by atomic mass is 10.1. The molecule has 0 unspecified atom stereocenters. The van der Waals surface area contributed by atoms with Crippen LogP contribution in [0.15, 0.2) is 30.3 Å². The second-order valence-electron chi connectivity index (χ2n) is 4.44. The quantitative estimate of drug-likeness (QED) is 0.603. The van der Waals surface area contributed by atoms with Crippen molar-refractivity contribution in [2.75, 3.05) is 6.61 Å². The van der Waals surface area contributed by atoms with Crippen LogP contribution in [0.2, 0.25) is 0 Å². The zero-order chi connectivity index (χ0) is 14.3. The minimum absolute atomic E-state index is 0.00937. The number of esters is 1. The number of carbonyl (C=O) groups excluding carboxylic acids is 2. The van der Waals surface area contributed by atoms with Gasteiger partial charge < -0.3 is 4.74 Å². The van der Waals surface area contributed by atoms with Crippen LogP contribution < -0.4 is 10.9 Å². The van der Waals surface area contributed by atoms with Gasteiger partial charge in [0.25, 0.3) is 5.91 Å². The zero-order valence-electron chi connectivity index (χ0n) is 11.5. The number of amides is 1. The van der Waals surface area contributed by atoms with Crippen LogP contribution in [-0.2, 0) is 9.53 Å². The van der Waals surface area contributed by atoms with Gasteiger partial charge in [-0.05, 0) is 25.0 Å². The molecule has 0 bridgehead atoms. The van der Waals surface area contributed by atoms with Crippen LogP contribution in [0.25, 0.3) is 0 Å². The van der Waals surface area contributed by atoms with Crippen LogP contribution in [0.1, 0.15) is 31.1 Å². The van der Waals surface area contributed by atoms with Gasteiger partial charge in [-0.2, -0.15) is 0 Å². The predicted molar refractivity (Wildman–Crippen MR) is 72.3 cm³/mol. The summed E-state index contributed by atoms with van der Waals surface area (Å²) >= 11 is 0. The molecule has 1 aromatic rings. The summed E-state index contributed by atoms with van der Waals surface area (Å²) in [5, 5.41) is 0. The first-order valence-electron chi connectivity index (χ1n) is 6.33. The van der Waals surface area contributed by atoms with Crippen LogP contribution >= 0.6 is 0 Å². The number of rotatable bonds is 6. The first kappa shape index (κ1) is 15.2. The van der Waals surface area contributed by atoms with Gasteiger partial charge in [0.1, 0.15) is 6.04 Å². The molecule has 104 valence electrons. The van der Waals surface area contributed by atoms with Crippen LogP contribution in [0.3, 0.4) is 0 Å². The van der Waals surface area contributed by atoms with Gasteiger partial charge in [0.15, 0.2) is 0 Å². The van der Waals surface area contributed by atoms with Crippen molar-refractivity contribution in [1.82, 2.24) is 10.9 Å². The molecule has 1 atom stereocenters. The fraction of sp³-hybridized carbons (Fsp3) is 0.429. The SMILES string of the molecule is CCOC(=O)[C@@H](NNC(=O)c1ccccc1)C(C)C.